The Morgan fingerprint density at radius 1 is 1.17 bits per heavy atom. The number of esters is 1. The minimum Gasteiger partial charge on any atom is -0.743 e. The highest BCUT2D eigenvalue weighted by atomic mass is 32.2. The molecule has 0 fully saturated rings. The highest BCUT2D eigenvalue weighted by Crippen LogP contribution is 2.38. The van der Waals surface area contributed by atoms with E-state index in [9.17, 15) is 39.7 Å². The number of halogens is 5. The first-order valence-electron chi connectivity index (χ1n) is 6.69. The van der Waals surface area contributed by atoms with Crippen LogP contribution in [0.5, 0.6) is 0 Å². The van der Waals surface area contributed by atoms with E-state index < -0.39 is 48.4 Å². The molecule has 0 saturated carbocycles. The van der Waals surface area contributed by atoms with Crippen molar-refractivity contribution in [2.45, 2.75) is 55.9 Å². The molecule has 0 rings (SSSR count). The van der Waals surface area contributed by atoms with Crippen molar-refractivity contribution in [1.29, 1.82) is 0 Å². The van der Waals surface area contributed by atoms with Crippen molar-refractivity contribution >= 4 is 24.4 Å². The van der Waals surface area contributed by atoms with Gasteiger partial charge in [0.15, 0.2) is 18.4 Å². The quantitative estimate of drug-likeness (QED) is 0.194. The van der Waals surface area contributed by atoms with Crippen LogP contribution < -0.4 is 0 Å². The van der Waals surface area contributed by atoms with Crippen LogP contribution in [0.2, 0.25) is 19.1 Å². The van der Waals surface area contributed by atoms with Gasteiger partial charge in [-0.1, -0.05) is 6.42 Å². The van der Waals surface area contributed by atoms with Gasteiger partial charge in [0.05, 0.1) is 0 Å². The Kier molecular flexibility index (Phi) is 7.79. The minimum atomic E-state index is -6.67. The van der Waals surface area contributed by atoms with E-state index >= 15 is 0 Å². The Hall–Kier alpha value is -0.793. The van der Waals surface area contributed by atoms with E-state index in [-0.39, 0.29) is 6.42 Å². The van der Waals surface area contributed by atoms with Crippen molar-refractivity contribution < 1.29 is 48.9 Å². The topological polar surface area (TPSA) is 92.7 Å². The first kappa shape index (κ1) is 23.2. The van der Waals surface area contributed by atoms with E-state index in [1.165, 1.54) is 7.11 Å². The summed E-state index contributed by atoms with van der Waals surface area (Å²) in [4.78, 5) is 11.3. The number of hydrogen-bond acceptors (Lipinski definition) is 6. The molecule has 0 bridgehead atoms. The third kappa shape index (κ3) is 6.99. The van der Waals surface area contributed by atoms with Gasteiger partial charge in [-0.3, -0.25) is 4.79 Å². The maximum Gasteiger partial charge on any atom is 0.432 e. The average Bonchev–Trinajstić information content (AvgIpc) is 2.38. The lowest BCUT2D eigenvalue weighted by atomic mass is 10.2. The normalized spacial score (nSPS) is 15.2. The third-order valence-corrected chi connectivity index (χ3v) is 6.69. The fraction of sp³-hybridized carbons (Fsp3) is 0.909. The zero-order valence-electron chi connectivity index (χ0n) is 13.2. The molecule has 0 aromatic carbocycles. The monoisotopic (exact) mass is 401 g/mol. The van der Waals surface area contributed by atoms with Crippen LogP contribution >= 0.6 is 0 Å². The van der Waals surface area contributed by atoms with Gasteiger partial charge in [0.2, 0.25) is 0 Å². The maximum absolute atomic E-state index is 13.1. The van der Waals surface area contributed by atoms with Crippen LogP contribution in [0.3, 0.4) is 0 Å². The second-order valence-corrected chi connectivity index (χ2v) is 11.5. The number of alkyl halides is 5. The van der Waals surface area contributed by atoms with Crippen LogP contribution in [0.25, 0.3) is 0 Å². The lowest BCUT2D eigenvalue weighted by Gasteiger charge is -2.29. The highest BCUT2D eigenvalue weighted by Gasteiger charge is 2.62. The van der Waals surface area contributed by atoms with Crippen LogP contribution in [0.15, 0.2) is 0 Å². The van der Waals surface area contributed by atoms with E-state index in [0.29, 0.717) is 12.5 Å². The van der Waals surface area contributed by atoms with Crippen LogP contribution in [0.1, 0.15) is 19.3 Å². The SMILES string of the molecule is CO[Si](C)(C)CCCCC(=O)OC(C(F)(F)F)C(F)(F)S(=O)(=O)[O-]. The number of rotatable bonds is 9. The van der Waals surface area contributed by atoms with Gasteiger partial charge in [-0.15, -0.1) is 0 Å². The Morgan fingerprint density at radius 3 is 2.04 bits per heavy atom. The number of ether oxygens (including phenoxy) is 1. The molecule has 0 saturated heterocycles. The Bertz CT molecular complexity index is 534. The largest absolute Gasteiger partial charge is 0.743 e. The molecule has 0 aromatic heterocycles. The molecule has 144 valence electrons. The fourth-order valence-corrected chi connectivity index (χ4v) is 3.32. The Morgan fingerprint density at radius 2 is 1.67 bits per heavy atom. The lowest BCUT2D eigenvalue weighted by Crippen LogP contribution is -2.52. The van der Waals surface area contributed by atoms with E-state index in [2.05, 4.69) is 4.74 Å². The van der Waals surface area contributed by atoms with Crippen molar-refractivity contribution in [1.82, 2.24) is 0 Å². The van der Waals surface area contributed by atoms with E-state index in [1.54, 1.807) is 0 Å². The Labute approximate surface area is 137 Å². The highest BCUT2D eigenvalue weighted by molar-refractivity contribution is 7.86. The second kappa shape index (κ2) is 8.06. The summed E-state index contributed by atoms with van der Waals surface area (Å²) in [5.41, 5.74) is 0. The molecule has 0 amide bonds. The summed E-state index contributed by atoms with van der Waals surface area (Å²) in [6.07, 6.45) is -10.5. The van der Waals surface area contributed by atoms with Gasteiger partial charge in [0.25, 0.3) is 6.10 Å². The van der Waals surface area contributed by atoms with Gasteiger partial charge in [-0.2, -0.15) is 22.0 Å². The summed E-state index contributed by atoms with van der Waals surface area (Å²) >= 11 is 0. The molecule has 24 heavy (non-hydrogen) atoms. The van der Waals surface area contributed by atoms with Crippen molar-refractivity contribution in [2.75, 3.05) is 7.11 Å². The molecule has 1 atom stereocenters. The summed E-state index contributed by atoms with van der Waals surface area (Å²) in [6.45, 7) is 3.73. The molecule has 0 aromatic rings. The molecule has 0 aliphatic heterocycles. The minimum absolute atomic E-state index is 0.0406. The second-order valence-electron chi connectivity index (χ2n) is 5.60. The van der Waals surface area contributed by atoms with E-state index in [1.807, 2.05) is 13.1 Å². The Balaban J connectivity index is 4.82. The molecule has 0 aliphatic rings. The van der Waals surface area contributed by atoms with Gasteiger partial charge < -0.3 is 13.7 Å². The van der Waals surface area contributed by atoms with Crippen molar-refractivity contribution in [3.8, 4) is 0 Å². The predicted octanol–water partition coefficient (Wildman–Crippen LogP) is 2.62. The first-order valence-corrected chi connectivity index (χ1v) is 11.2. The summed E-state index contributed by atoms with van der Waals surface area (Å²) < 4.78 is 104. The smallest absolute Gasteiger partial charge is 0.432 e. The number of hydrogen-bond donors (Lipinski definition) is 0. The summed E-state index contributed by atoms with van der Waals surface area (Å²) in [5, 5.41) is -5.81. The summed E-state index contributed by atoms with van der Waals surface area (Å²) in [5.74, 6) is -1.67. The zero-order valence-corrected chi connectivity index (χ0v) is 15.0. The number of carbonyl (C=O) groups is 1. The van der Waals surface area contributed by atoms with Crippen LogP contribution in [-0.2, 0) is 24.1 Å². The molecule has 0 aliphatic carbocycles. The molecule has 0 N–H and O–H groups in total. The van der Waals surface area contributed by atoms with Gasteiger partial charge in [0, 0.05) is 13.5 Å². The van der Waals surface area contributed by atoms with Crippen molar-refractivity contribution in [3.63, 3.8) is 0 Å². The molecule has 13 heteroatoms. The first-order chi connectivity index (χ1) is 10.5. The van der Waals surface area contributed by atoms with E-state index in [0.717, 1.165) is 0 Å². The standard InChI is InChI=1S/C11H19F5O6SSi/c1-21-24(2,3)7-5-4-6-8(17)22-9(10(12,13)14)11(15,16)23(18,19)20/h9H,4-7H2,1-3H3,(H,18,19,20)/p-1. The summed E-state index contributed by atoms with van der Waals surface area (Å²) in [7, 11) is -7.11. The lowest BCUT2D eigenvalue weighted by molar-refractivity contribution is -0.259. The number of unbranched alkanes of at least 4 members (excludes halogenated alkanes) is 1. The van der Waals surface area contributed by atoms with Gasteiger partial charge >= 0.3 is 17.4 Å². The molecule has 0 heterocycles. The van der Waals surface area contributed by atoms with Crippen LogP contribution in [-0.4, -0.2) is 51.9 Å². The molecule has 0 radical (unpaired) electrons. The number of carbonyl (C=O) groups excluding carboxylic acids is 1. The average molecular weight is 401 g/mol. The van der Waals surface area contributed by atoms with Gasteiger partial charge in [-0.05, 0) is 25.6 Å². The van der Waals surface area contributed by atoms with Crippen LogP contribution in [0, 0.1) is 0 Å². The molecule has 6 nitrogen and oxygen atoms in total. The van der Waals surface area contributed by atoms with Crippen LogP contribution in [0.4, 0.5) is 22.0 Å². The van der Waals surface area contributed by atoms with Crippen molar-refractivity contribution in [2.24, 2.45) is 0 Å². The predicted molar refractivity (Wildman–Crippen MR) is 73.7 cm³/mol. The van der Waals surface area contributed by atoms with E-state index in [4.69, 9.17) is 4.43 Å². The fourth-order valence-electron chi connectivity index (χ4n) is 1.57. The van der Waals surface area contributed by atoms with Gasteiger partial charge in [0.1, 0.15) is 0 Å². The summed E-state index contributed by atoms with van der Waals surface area (Å²) in [6, 6.07) is 0.574. The molecular weight excluding hydrogens is 383 g/mol. The zero-order chi connectivity index (χ0) is 19.4. The van der Waals surface area contributed by atoms with Gasteiger partial charge in [-0.25, -0.2) is 8.42 Å². The molecule has 1 unspecified atom stereocenters. The van der Waals surface area contributed by atoms with Crippen molar-refractivity contribution in [3.05, 3.63) is 0 Å². The third-order valence-electron chi connectivity index (χ3n) is 3.15. The molecular formula is C11H18F5O6SSi-. The molecule has 0 spiro atoms. The maximum atomic E-state index is 13.1.